The van der Waals surface area contributed by atoms with Crippen molar-refractivity contribution in [1.29, 1.82) is 0 Å². The number of likely N-dealkylation sites (tertiary alicyclic amines) is 1. The van der Waals surface area contributed by atoms with E-state index in [1.54, 1.807) is 21.3 Å². The average molecular weight is 351 g/mol. The van der Waals surface area contributed by atoms with Crippen molar-refractivity contribution in [2.75, 3.05) is 25.4 Å². The highest BCUT2D eigenvalue weighted by Gasteiger charge is 2.37. The third-order valence-corrected chi connectivity index (χ3v) is 6.65. The summed E-state index contributed by atoms with van der Waals surface area (Å²) in [6.45, 7) is 1.57. The smallest absolute Gasteiger partial charge is 0.253 e. The van der Waals surface area contributed by atoms with E-state index in [0.29, 0.717) is 37.2 Å². The van der Waals surface area contributed by atoms with E-state index in [9.17, 15) is 18.0 Å². The number of nitrogens with two attached hydrogens (primary N) is 1. The molecule has 0 bridgehead atoms. The highest BCUT2D eigenvalue weighted by atomic mass is 32.2. The minimum atomic E-state index is -3.17. The highest BCUT2D eigenvalue weighted by molar-refractivity contribution is 7.89. The molecule has 2 amide bonds. The molecule has 2 fully saturated rings. The SMILES string of the molecule is NC(=O)c1ccc(C(=O)N2CCCC(N3CCCS3(=O)=O)C2)cc1. The van der Waals surface area contributed by atoms with Crippen LogP contribution in [0, 0.1) is 0 Å². The Morgan fingerprint density at radius 2 is 1.71 bits per heavy atom. The molecule has 8 heteroatoms. The van der Waals surface area contributed by atoms with Gasteiger partial charge < -0.3 is 10.6 Å². The Balaban J connectivity index is 1.72. The van der Waals surface area contributed by atoms with Gasteiger partial charge in [0.05, 0.1) is 5.75 Å². The van der Waals surface area contributed by atoms with Gasteiger partial charge in [-0.15, -0.1) is 0 Å². The lowest BCUT2D eigenvalue weighted by atomic mass is 10.0. The molecule has 1 aromatic carbocycles. The average Bonchev–Trinajstić information content (AvgIpc) is 2.93. The minimum Gasteiger partial charge on any atom is -0.366 e. The van der Waals surface area contributed by atoms with Gasteiger partial charge >= 0.3 is 0 Å². The summed E-state index contributed by atoms with van der Waals surface area (Å²) in [6, 6.07) is 6.08. The maximum atomic E-state index is 12.6. The lowest BCUT2D eigenvalue weighted by molar-refractivity contribution is 0.0658. The molecule has 24 heavy (non-hydrogen) atoms. The molecule has 1 unspecified atom stereocenters. The topological polar surface area (TPSA) is 101 Å². The first kappa shape index (κ1) is 16.9. The van der Waals surface area contributed by atoms with Gasteiger partial charge in [0.15, 0.2) is 0 Å². The van der Waals surface area contributed by atoms with Crippen LogP contribution in [0.3, 0.4) is 0 Å². The first-order valence-corrected chi connectivity index (χ1v) is 9.68. The van der Waals surface area contributed by atoms with Crippen molar-refractivity contribution in [3.05, 3.63) is 35.4 Å². The fourth-order valence-corrected chi connectivity index (χ4v) is 5.16. The molecule has 2 aliphatic rings. The summed E-state index contributed by atoms with van der Waals surface area (Å²) in [7, 11) is -3.17. The fourth-order valence-electron chi connectivity index (χ4n) is 3.40. The quantitative estimate of drug-likeness (QED) is 0.853. The van der Waals surface area contributed by atoms with Crippen molar-refractivity contribution in [2.45, 2.75) is 25.3 Å². The molecule has 3 rings (SSSR count). The number of primary amides is 1. The van der Waals surface area contributed by atoms with E-state index in [1.165, 1.54) is 12.1 Å². The van der Waals surface area contributed by atoms with Gasteiger partial charge in [-0.3, -0.25) is 9.59 Å². The van der Waals surface area contributed by atoms with E-state index in [4.69, 9.17) is 5.73 Å². The van der Waals surface area contributed by atoms with Gasteiger partial charge in [-0.05, 0) is 43.5 Å². The zero-order chi connectivity index (χ0) is 17.3. The summed E-state index contributed by atoms with van der Waals surface area (Å²) in [5.74, 6) is -0.481. The second-order valence-electron chi connectivity index (χ2n) is 6.27. The maximum absolute atomic E-state index is 12.6. The summed E-state index contributed by atoms with van der Waals surface area (Å²) in [5, 5.41) is 0. The van der Waals surface area contributed by atoms with Crippen molar-refractivity contribution in [3.63, 3.8) is 0 Å². The fraction of sp³-hybridized carbons (Fsp3) is 0.500. The molecule has 1 aromatic rings. The number of nitrogens with zero attached hydrogens (tertiary/aromatic N) is 2. The minimum absolute atomic E-state index is 0.139. The Morgan fingerprint density at radius 1 is 1.04 bits per heavy atom. The van der Waals surface area contributed by atoms with Crippen molar-refractivity contribution in [3.8, 4) is 0 Å². The van der Waals surface area contributed by atoms with Crippen LogP contribution in [0.15, 0.2) is 24.3 Å². The molecule has 2 heterocycles. The molecule has 2 N–H and O–H groups in total. The summed E-state index contributed by atoms with van der Waals surface area (Å²) in [5.41, 5.74) is 6.03. The number of carbonyl (C=O) groups excluding carboxylic acids is 2. The highest BCUT2D eigenvalue weighted by Crippen LogP contribution is 2.24. The molecule has 0 aromatic heterocycles. The van der Waals surface area contributed by atoms with Gasteiger partial charge in [0, 0.05) is 36.8 Å². The lowest BCUT2D eigenvalue weighted by Crippen LogP contribution is -2.50. The summed E-state index contributed by atoms with van der Waals surface area (Å²) in [4.78, 5) is 25.4. The summed E-state index contributed by atoms with van der Waals surface area (Å²) >= 11 is 0. The van der Waals surface area contributed by atoms with Gasteiger partial charge in [0.2, 0.25) is 15.9 Å². The molecule has 130 valence electrons. The molecular formula is C16H21N3O4S. The predicted molar refractivity (Wildman–Crippen MR) is 89.0 cm³/mol. The molecule has 0 spiro atoms. The molecule has 1 atom stereocenters. The molecule has 2 saturated heterocycles. The normalized spacial score (nSPS) is 24.0. The number of benzene rings is 1. The number of piperidine rings is 1. The number of hydrogen-bond acceptors (Lipinski definition) is 4. The van der Waals surface area contributed by atoms with Crippen molar-refractivity contribution < 1.29 is 18.0 Å². The van der Waals surface area contributed by atoms with Crippen LogP contribution in [0.1, 0.15) is 40.0 Å². The Kier molecular flexibility index (Phi) is 4.60. The number of carbonyl (C=O) groups is 2. The van der Waals surface area contributed by atoms with E-state index < -0.39 is 15.9 Å². The third kappa shape index (κ3) is 3.29. The number of rotatable bonds is 3. The molecule has 7 nitrogen and oxygen atoms in total. The van der Waals surface area contributed by atoms with E-state index in [1.807, 2.05) is 0 Å². The van der Waals surface area contributed by atoms with Crippen LogP contribution in [-0.4, -0.2) is 60.9 Å². The molecule has 0 aliphatic carbocycles. The van der Waals surface area contributed by atoms with E-state index >= 15 is 0 Å². The van der Waals surface area contributed by atoms with Crippen molar-refractivity contribution in [2.24, 2.45) is 5.73 Å². The van der Waals surface area contributed by atoms with Crippen LogP contribution in [0.4, 0.5) is 0 Å². The summed E-state index contributed by atoms with van der Waals surface area (Å²) in [6.07, 6.45) is 2.22. The second kappa shape index (κ2) is 6.52. The number of hydrogen-bond donors (Lipinski definition) is 1. The van der Waals surface area contributed by atoms with Crippen LogP contribution >= 0.6 is 0 Å². The van der Waals surface area contributed by atoms with Crippen LogP contribution in [-0.2, 0) is 10.0 Å². The van der Waals surface area contributed by atoms with Crippen LogP contribution in [0.25, 0.3) is 0 Å². The summed E-state index contributed by atoms with van der Waals surface area (Å²) < 4.78 is 25.7. The van der Waals surface area contributed by atoms with Gasteiger partial charge in [0.1, 0.15) is 0 Å². The van der Waals surface area contributed by atoms with E-state index in [-0.39, 0.29) is 17.7 Å². The lowest BCUT2D eigenvalue weighted by Gasteiger charge is -2.36. The Hall–Kier alpha value is -1.93. The van der Waals surface area contributed by atoms with Gasteiger partial charge in [0.25, 0.3) is 5.91 Å². The van der Waals surface area contributed by atoms with Gasteiger partial charge in [-0.1, -0.05) is 0 Å². The van der Waals surface area contributed by atoms with Crippen LogP contribution in [0.5, 0.6) is 0 Å². The Labute approximate surface area is 141 Å². The van der Waals surface area contributed by atoms with Crippen LogP contribution in [0.2, 0.25) is 0 Å². The predicted octanol–water partition coefficient (Wildman–Crippen LogP) is 0.426. The second-order valence-corrected chi connectivity index (χ2v) is 8.31. The number of sulfonamides is 1. The Bertz CT molecular complexity index is 745. The van der Waals surface area contributed by atoms with E-state index in [2.05, 4.69) is 0 Å². The molecular weight excluding hydrogens is 330 g/mol. The first-order valence-electron chi connectivity index (χ1n) is 8.07. The zero-order valence-corrected chi connectivity index (χ0v) is 14.2. The maximum Gasteiger partial charge on any atom is 0.253 e. The number of amides is 2. The van der Waals surface area contributed by atoms with Crippen molar-refractivity contribution in [1.82, 2.24) is 9.21 Å². The zero-order valence-electron chi connectivity index (χ0n) is 13.3. The molecule has 0 saturated carbocycles. The van der Waals surface area contributed by atoms with Gasteiger partial charge in [-0.25, -0.2) is 8.42 Å². The van der Waals surface area contributed by atoms with Crippen molar-refractivity contribution >= 4 is 21.8 Å². The monoisotopic (exact) mass is 351 g/mol. The van der Waals surface area contributed by atoms with Crippen LogP contribution < -0.4 is 5.73 Å². The third-order valence-electron chi connectivity index (χ3n) is 4.65. The first-order chi connectivity index (χ1) is 11.4. The Morgan fingerprint density at radius 3 is 2.29 bits per heavy atom. The largest absolute Gasteiger partial charge is 0.366 e. The molecule has 2 aliphatic heterocycles. The van der Waals surface area contributed by atoms with Gasteiger partial charge in [-0.2, -0.15) is 4.31 Å². The van der Waals surface area contributed by atoms with E-state index in [0.717, 1.165) is 12.8 Å². The standard InChI is InChI=1S/C16H21N3O4S/c17-15(20)12-4-6-13(7-5-12)16(21)18-8-1-3-14(11-18)19-9-2-10-24(19,22)23/h4-7,14H,1-3,8-11H2,(H2,17,20). The molecule has 0 radical (unpaired) electrons.